The standard InChI is InChI=1S/C6H11N5O/c1-11-6(8-9-10-11)7-4-2-5(12)3-4/h4-5,12H,2-3H2,1H3,(H,7,8,10). The fourth-order valence-electron chi connectivity index (χ4n) is 1.24. The first kappa shape index (κ1) is 7.48. The molecule has 0 spiro atoms. The van der Waals surface area contributed by atoms with Crippen LogP contribution in [0.3, 0.4) is 0 Å². The van der Waals surface area contributed by atoms with Crippen LogP contribution in [0, 0.1) is 0 Å². The van der Waals surface area contributed by atoms with Gasteiger partial charge in [-0.1, -0.05) is 5.10 Å². The summed E-state index contributed by atoms with van der Waals surface area (Å²) in [6.07, 6.45) is 1.42. The van der Waals surface area contributed by atoms with Crippen molar-refractivity contribution in [2.24, 2.45) is 7.05 Å². The predicted molar refractivity (Wildman–Crippen MR) is 41.4 cm³/mol. The molecule has 1 saturated carbocycles. The number of aliphatic hydroxyl groups excluding tert-OH is 1. The van der Waals surface area contributed by atoms with Gasteiger partial charge >= 0.3 is 0 Å². The number of nitrogens with zero attached hydrogens (tertiary/aromatic N) is 4. The maximum absolute atomic E-state index is 9.02. The third-order valence-corrected chi connectivity index (χ3v) is 2.07. The molecule has 0 atom stereocenters. The topological polar surface area (TPSA) is 75.9 Å². The summed E-state index contributed by atoms with van der Waals surface area (Å²) in [5, 5.41) is 23.1. The Morgan fingerprint density at radius 2 is 2.33 bits per heavy atom. The highest BCUT2D eigenvalue weighted by Crippen LogP contribution is 2.22. The summed E-state index contributed by atoms with van der Waals surface area (Å²) in [5.41, 5.74) is 0. The predicted octanol–water partition coefficient (Wildman–Crippen LogP) is -0.855. The molecule has 0 bridgehead atoms. The van der Waals surface area contributed by atoms with E-state index in [9.17, 15) is 0 Å². The van der Waals surface area contributed by atoms with E-state index in [2.05, 4.69) is 20.8 Å². The first-order valence-corrected chi connectivity index (χ1v) is 3.92. The zero-order chi connectivity index (χ0) is 8.55. The van der Waals surface area contributed by atoms with Crippen molar-refractivity contribution >= 4 is 5.95 Å². The van der Waals surface area contributed by atoms with Gasteiger partial charge in [-0.2, -0.15) is 0 Å². The Kier molecular flexibility index (Phi) is 1.69. The van der Waals surface area contributed by atoms with Crippen molar-refractivity contribution in [2.75, 3.05) is 5.32 Å². The lowest BCUT2D eigenvalue weighted by Crippen LogP contribution is -2.39. The molecular formula is C6H11N5O. The van der Waals surface area contributed by atoms with E-state index in [-0.39, 0.29) is 6.10 Å². The molecule has 2 N–H and O–H groups in total. The zero-order valence-corrected chi connectivity index (χ0v) is 6.80. The Labute approximate surface area is 69.6 Å². The third-order valence-electron chi connectivity index (χ3n) is 2.07. The summed E-state index contributed by atoms with van der Waals surface area (Å²) in [6, 6.07) is 0.324. The number of nitrogens with one attached hydrogen (secondary N) is 1. The Morgan fingerprint density at radius 3 is 2.83 bits per heavy atom. The molecule has 1 aromatic rings. The van der Waals surface area contributed by atoms with Gasteiger partial charge < -0.3 is 10.4 Å². The molecule has 1 fully saturated rings. The molecule has 1 aromatic heterocycles. The second kappa shape index (κ2) is 2.71. The lowest BCUT2D eigenvalue weighted by Gasteiger charge is -2.31. The number of tetrazole rings is 1. The summed E-state index contributed by atoms with van der Waals surface area (Å²) >= 11 is 0. The number of hydrogen-bond donors (Lipinski definition) is 2. The van der Waals surface area contributed by atoms with Gasteiger partial charge in [0.25, 0.3) is 0 Å². The molecule has 0 unspecified atom stereocenters. The smallest absolute Gasteiger partial charge is 0.242 e. The van der Waals surface area contributed by atoms with Crippen LogP contribution in [-0.2, 0) is 7.05 Å². The van der Waals surface area contributed by atoms with Crippen LogP contribution in [0.25, 0.3) is 0 Å². The van der Waals surface area contributed by atoms with Gasteiger partial charge in [-0.3, -0.25) is 0 Å². The molecular weight excluding hydrogens is 158 g/mol. The number of aromatic nitrogens is 4. The van der Waals surface area contributed by atoms with Crippen LogP contribution in [0.5, 0.6) is 0 Å². The van der Waals surface area contributed by atoms with Gasteiger partial charge in [-0.05, 0) is 23.3 Å². The van der Waals surface area contributed by atoms with E-state index in [0.29, 0.717) is 12.0 Å². The van der Waals surface area contributed by atoms with E-state index in [1.807, 2.05) is 0 Å². The van der Waals surface area contributed by atoms with Crippen molar-refractivity contribution in [2.45, 2.75) is 25.0 Å². The van der Waals surface area contributed by atoms with Crippen LogP contribution in [0.1, 0.15) is 12.8 Å². The highest BCUT2D eigenvalue weighted by Gasteiger charge is 2.27. The molecule has 6 heteroatoms. The largest absolute Gasteiger partial charge is 0.393 e. The second-order valence-corrected chi connectivity index (χ2v) is 3.09. The van der Waals surface area contributed by atoms with Crippen molar-refractivity contribution in [3.63, 3.8) is 0 Å². The van der Waals surface area contributed by atoms with Crippen LogP contribution in [0.2, 0.25) is 0 Å². The van der Waals surface area contributed by atoms with E-state index < -0.39 is 0 Å². The summed E-state index contributed by atoms with van der Waals surface area (Å²) in [4.78, 5) is 0. The molecule has 0 aromatic carbocycles. The first-order valence-electron chi connectivity index (χ1n) is 3.92. The van der Waals surface area contributed by atoms with E-state index in [4.69, 9.17) is 5.11 Å². The van der Waals surface area contributed by atoms with Crippen molar-refractivity contribution < 1.29 is 5.11 Å². The highest BCUT2D eigenvalue weighted by molar-refractivity contribution is 5.24. The lowest BCUT2D eigenvalue weighted by atomic mass is 9.90. The molecule has 6 nitrogen and oxygen atoms in total. The summed E-state index contributed by atoms with van der Waals surface area (Å²) < 4.78 is 1.57. The number of hydrogen-bond acceptors (Lipinski definition) is 5. The zero-order valence-electron chi connectivity index (χ0n) is 6.80. The Hall–Kier alpha value is -1.17. The maximum atomic E-state index is 9.02. The molecule has 66 valence electrons. The van der Waals surface area contributed by atoms with Crippen LogP contribution >= 0.6 is 0 Å². The van der Waals surface area contributed by atoms with Crippen molar-refractivity contribution in [1.82, 2.24) is 20.2 Å². The van der Waals surface area contributed by atoms with Gasteiger partial charge in [0.15, 0.2) is 0 Å². The number of anilines is 1. The van der Waals surface area contributed by atoms with Crippen molar-refractivity contribution in [3.05, 3.63) is 0 Å². The minimum Gasteiger partial charge on any atom is -0.393 e. The SMILES string of the molecule is Cn1nnnc1NC1CC(O)C1. The molecule has 0 radical (unpaired) electrons. The van der Waals surface area contributed by atoms with Crippen LogP contribution in [-0.4, -0.2) is 37.5 Å². The quantitative estimate of drug-likeness (QED) is 0.602. The first-order chi connectivity index (χ1) is 5.75. The second-order valence-electron chi connectivity index (χ2n) is 3.09. The third kappa shape index (κ3) is 1.25. The highest BCUT2D eigenvalue weighted by atomic mass is 16.3. The van der Waals surface area contributed by atoms with Gasteiger partial charge in [0.05, 0.1) is 6.10 Å². The molecule has 1 aliphatic carbocycles. The Bertz CT molecular complexity index is 267. The van der Waals surface area contributed by atoms with Crippen molar-refractivity contribution in [3.8, 4) is 0 Å². The molecule has 0 aliphatic heterocycles. The molecule has 2 rings (SSSR count). The monoisotopic (exact) mass is 169 g/mol. The van der Waals surface area contributed by atoms with E-state index in [0.717, 1.165) is 12.8 Å². The fourth-order valence-corrected chi connectivity index (χ4v) is 1.24. The van der Waals surface area contributed by atoms with E-state index in [1.54, 1.807) is 11.7 Å². The summed E-state index contributed by atoms with van der Waals surface area (Å²) in [7, 11) is 1.78. The Morgan fingerprint density at radius 1 is 1.58 bits per heavy atom. The fraction of sp³-hybridized carbons (Fsp3) is 0.833. The normalized spacial score (nSPS) is 28.2. The number of aliphatic hydroxyl groups is 1. The maximum Gasteiger partial charge on any atom is 0.242 e. The van der Waals surface area contributed by atoms with Gasteiger partial charge in [0, 0.05) is 13.1 Å². The molecule has 12 heavy (non-hydrogen) atoms. The van der Waals surface area contributed by atoms with Crippen LogP contribution < -0.4 is 5.32 Å². The van der Waals surface area contributed by atoms with E-state index >= 15 is 0 Å². The lowest BCUT2D eigenvalue weighted by molar-refractivity contribution is 0.0833. The summed E-state index contributed by atoms with van der Waals surface area (Å²) in [6.45, 7) is 0. The van der Waals surface area contributed by atoms with Crippen LogP contribution in [0.15, 0.2) is 0 Å². The van der Waals surface area contributed by atoms with Crippen molar-refractivity contribution in [1.29, 1.82) is 0 Å². The van der Waals surface area contributed by atoms with Gasteiger partial charge in [0.2, 0.25) is 5.95 Å². The van der Waals surface area contributed by atoms with Crippen LogP contribution in [0.4, 0.5) is 5.95 Å². The molecule has 1 heterocycles. The van der Waals surface area contributed by atoms with Gasteiger partial charge in [-0.15, -0.1) is 0 Å². The summed E-state index contributed by atoms with van der Waals surface area (Å²) in [5.74, 6) is 0.659. The average Bonchev–Trinajstić information content (AvgIpc) is 2.33. The van der Waals surface area contributed by atoms with Gasteiger partial charge in [0.1, 0.15) is 0 Å². The van der Waals surface area contributed by atoms with E-state index in [1.165, 1.54) is 0 Å². The van der Waals surface area contributed by atoms with Gasteiger partial charge in [-0.25, -0.2) is 4.68 Å². The molecule has 0 saturated heterocycles. The average molecular weight is 169 g/mol. The minimum atomic E-state index is -0.149. The Balaban J connectivity index is 1.92. The number of rotatable bonds is 2. The number of aryl methyl sites for hydroxylation is 1. The molecule has 0 amide bonds. The minimum absolute atomic E-state index is 0.149. The molecule has 1 aliphatic rings.